The van der Waals surface area contributed by atoms with E-state index in [2.05, 4.69) is 20.1 Å². The van der Waals surface area contributed by atoms with Gasteiger partial charge in [0.15, 0.2) is 0 Å². The molecule has 0 bridgehead atoms. The third-order valence-corrected chi connectivity index (χ3v) is 4.61. The van der Waals surface area contributed by atoms with Crippen molar-refractivity contribution in [1.29, 1.82) is 0 Å². The Morgan fingerprint density at radius 2 is 1.89 bits per heavy atom. The number of aromatic nitrogens is 3. The predicted molar refractivity (Wildman–Crippen MR) is 76.1 cm³/mol. The number of anilines is 1. The van der Waals surface area contributed by atoms with Crippen molar-refractivity contribution in [3.05, 3.63) is 5.82 Å². The van der Waals surface area contributed by atoms with E-state index < -0.39 is 0 Å². The number of hydrogen-bond donors (Lipinski definition) is 2. The summed E-state index contributed by atoms with van der Waals surface area (Å²) in [6.07, 6.45) is 10.1. The van der Waals surface area contributed by atoms with Gasteiger partial charge in [0, 0.05) is 25.6 Å². The third-order valence-electron chi connectivity index (χ3n) is 4.61. The van der Waals surface area contributed by atoms with E-state index in [0.717, 1.165) is 50.0 Å². The van der Waals surface area contributed by atoms with Gasteiger partial charge in [-0.2, -0.15) is 4.98 Å². The van der Waals surface area contributed by atoms with E-state index in [1.54, 1.807) is 0 Å². The minimum Gasteiger partial charge on any atom is -0.339 e. The first kappa shape index (κ1) is 12.9. The maximum Gasteiger partial charge on any atom is 0.244 e. The Morgan fingerprint density at radius 3 is 2.63 bits per heavy atom. The average molecular weight is 263 g/mol. The van der Waals surface area contributed by atoms with Crippen molar-refractivity contribution in [3.8, 4) is 0 Å². The van der Waals surface area contributed by atoms with Crippen LogP contribution in [0.5, 0.6) is 0 Å². The van der Waals surface area contributed by atoms with Crippen LogP contribution in [-0.4, -0.2) is 34.3 Å². The molecular formula is C14H25N5. The average Bonchev–Trinajstić information content (AvgIpc) is 3.09. The first-order valence-electron chi connectivity index (χ1n) is 7.73. The van der Waals surface area contributed by atoms with E-state index >= 15 is 0 Å². The van der Waals surface area contributed by atoms with Gasteiger partial charge in [0.05, 0.1) is 0 Å². The lowest BCUT2D eigenvalue weighted by atomic mass is 10.0. The molecule has 3 N–H and O–H groups in total. The van der Waals surface area contributed by atoms with E-state index in [4.69, 9.17) is 5.73 Å². The number of aryl methyl sites for hydroxylation is 1. The standard InChI is InChI=1S/C14H25N5/c15-12-7-9-19(10-8-12)14-16-13(17-18-14)6-5-11-3-1-2-4-11/h11-12H,1-10,15H2,(H,16,17,18). The monoisotopic (exact) mass is 263 g/mol. The number of nitrogens with one attached hydrogen (secondary N) is 1. The second kappa shape index (κ2) is 5.90. The van der Waals surface area contributed by atoms with Gasteiger partial charge in [-0.25, -0.2) is 0 Å². The van der Waals surface area contributed by atoms with E-state index in [1.165, 1.54) is 32.1 Å². The molecule has 2 heterocycles. The quantitative estimate of drug-likeness (QED) is 0.869. The number of nitrogens with two attached hydrogens (primary N) is 1. The summed E-state index contributed by atoms with van der Waals surface area (Å²) >= 11 is 0. The molecule has 0 spiro atoms. The highest BCUT2D eigenvalue weighted by Crippen LogP contribution is 2.28. The summed E-state index contributed by atoms with van der Waals surface area (Å²) < 4.78 is 0. The molecule has 0 aromatic carbocycles. The van der Waals surface area contributed by atoms with Gasteiger partial charge in [0.2, 0.25) is 5.95 Å². The van der Waals surface area contributed by atoms with Crippen LogP contribution in [-0.2, 0) is 6.42 Å². The van der Waals surface area contributed by atoms with Gasteiger partial charge in [-0.3, -0.25) is 5.10 Å². The summed E-state index contributed by atoms with van der Waals surface area (Å²) in [5, 5.41) is 7.46. The molecule has 19 heavy (non-hydrogen) atoms. The van der Waals surface area contributed by atoms with Crippen LogP contribution in [0.3, 0.4) is 0 Å². The Hall–Kier alpha value is -1.10. The normalized spacial score (nSPS) is 22.3. The fraction of sp³-hybridized carbons (Fsp3) is 0.857. The van der Waals surface area contributed by atoms with Crippen LogP contribution in [0.25, 0.3) is 0 Å². The first-order valence-corrected chi connectivity index (χ1v) is 7.73. The van der Waals surface area contributed by atoms with Crippen LogP contribution in [0.4, 0.5) is 5.95 Å². The van der Waals surface area contributed by atoms with Gasteiger partial charge >= 0.3 is 0 Å². The van der Waals surface area contributed by atoms with E-state index in [9.17, 15) is 0 Å². The van der Waals surface area contributed by atoms with Gasteiger partial charge < -0.3 is 10.6 Å². The van der Waals surface area contributed by atoms with Crippen molar-refractivity contribution < 1.29 is 0 Å². The number of aromatic amines is 1. The smallest absolute Gasteiger partial charge is 0.244 e. The van der Waals surface area contributed by atoms with Crippen LogP contribution in [0.2, 0.25) is 0 Å². The lowest BCUT2D eigenvalue weighted by Gasteiger charge is -2.28. The van der Waals surface area contributed by atoms with Crippen LogP contribution in [0, 0.1) is 5.92 Å². The lowest BCUT2D eigenvalue weighted by Crippen LogP contribution is -2.40. The van der Waals surface area contributed by atoms with Crippen molar-refractivity contribution in [3.63, 3.8) is 0 Å². The molecule has 5 nitrogen and oxygen atoms in total. The summed E-state index contributed by atoms with van der Waals surface area (Å²) in [7, 11) is 0. The van der Waals surface area contributed by atoms with Gasteiger partial charge in [0.25, 0.3) is 0 Å². The molecular weight excluding hydrogens is 238 g/mol. The fourth-order valence-electron chi connectivity index (χ4n) is 3.28. The predicted octanol–water partition coefficient (Wildman–Crippen LogP) is 1.85. The Labute approximate surface area is 115 Å². The molecule has 0 atom stereocenters. The Balaban J connectivity index is 1.51. The second-order valence-electron chi connectivity index (χ2n) is 6.10. The molecule has 0 amide bonds. The molecule has 2 fully saturated rings. The van der Waals surface area contributed by atoms with Crippen LogP contribution >= 0.6 is 0 Å². The van der Waals surface area contributed by atoms with Crippen LogP contribution in [0.1, 0.15) is 50.8 Å². The molecule has 5 heteroatoms. The fourth-order valence-corrected chi connectivity index (χ4v) is 3.28. The highest BCUT2D eigenvalue weighted by atomic mass is 15.4. The number of hydrogen-bond acceptors (Lipinski definition) is 4. The molecule has 1 saturated heterocycles. The molecule has 1 aromatic rings. The summed E-state index contributed by atoms with van der Waals surface area (Å²) in [6.45, 7) is 1.97. The van der Waals surface area contributed by atoms with Crippen LogP contribution < -0.4 is 10.6 Å². The molecule has 2 aliphatic rings. The highest BCUT2D eigenvalue weighted by Gasteiger charge is 2.20. The van der Waals surface area contributed by atoms with Crippen molar-refractivity contribution >= 4 is 5.95 Å². The van der Waals surface area contributed by atoms with Gasteiger partial charge in [-0.05, 0) is 25.2 Å². The van der Waals surface area contributed by atoms with E-state index in [-0.39, 0.29) is 0 Å². The summed E-state index contributed by atoms with van der Waals surface area (Å²) in [6, 6.07) is 0.358. The number of H-pyrrole nitrogens is 1. The van der Waals surface area contributed by atoms with Crippen LogP contribution in [0.15, 0.2) is 0 Å². The minimum atomic E-state index is 0.358. The topological polar surface area (TPSA) is 70.8 Å². The Bertz CT molecular complexity index is 388. The molecule has 1 saturated carbocycles. The van der Waals surface area contributed by atoms with Gasteiger partial charge in [-0.1, -0.05) is 25.7 Å². The van der Waals surface area contributed by atoms with Crippen molar-refractivity contribution in [2.45, 2.75) is 57.4 Å². The molecule has 0 radical (unpaired) electrons. The van der Waals surface area contributed by atoms with Gasteiger partial charge in [0.1, 0.15) is 5.82 Å². The zero-order chi connectivity index (χ0) is 13.1. The summed E-state index contributed by atoms with van der Waals surface area (Å²) in [4.78, 5) is 6.89. The third kappa shape index (κ3) is 3.26. The molecule has 1 aromatic heterocycles. The minimum absolute atomic E-state index is 0.358. The zero-order valence-electron chi connectivity index (χ0n) is 11.6. The second-order valence-corrected chi connectivity index (χ2v) is 6.10. The summed E-state index contributed by atoms with van der Waals surface area (Å²) in [5.41, 5.74) is 5.92. The Morgan fingerprint density at radius 1 is 1.16 bits per heavy atom. The highest BCUT2D eigenvalue weighted by molar-refractivity contribution is 5.29. The maximum absolute atomic E-state index is 5.92. The van der Waals surface area contributed by atoms with Crippen molar-refractivity contribution in [1.82, 2.24) is 15.2 Å². The summed E-state index contributed by atoms with van der Waals surface area (Å²) in [5.74, 6) is 2.84. The molecule has 3 rings (SSSR count). The number of rotatable bonds is 4. The number of piperidine rings is 1. The Kier molecular flexibility index (Phi) is 4.01. The first-order chi connectivity index (χ1) is 9.31. The molecule has 106 valence electrons. The lowest BCUT2D eigenvalue weighted by molar-refractivity contribution is 0.494. The SMILES string of the molecule is NC1CCN(c2n[nH]c(CCC3CCCC3)n2)CC1. The molecule has 0 unspecified atom stereocenters. The molecule has 1 aliphatic carbocycles. The molecule has 1 aliphatic heterocycles. The maximum atomic E-state index is 5.92. The van der Waals surface area contributed by atoms with E-state index in [1.807, 2.05) is 0 Å². The van der Waals surface area contributed by atoms with E-state index in [0.29, 0.717) is 6.04 Å². The van der Waals surface area contributed by atoms with Gasteiger partial charge in [-0.15, -0.1) is 5.10 Å². The van der Waals surface area contributed by atoms with Crippen molar-refractivity contribution in [2.75, 3.05) is 18.0 Å². The largest absolute Gasteiger partial charge is 0.339 e. The zero-order valence-corrected chi connectivity index (χ0v) is 11.6. The number of nitrogens with zero attached hydrogens (tertiary/aromatic N) is 3. The van der Waals surface area contributed by atoms with Crippen molar-refractivity contribution in [2.24, 2.45) is 11.7 Å².